The van der Waals surface area contributed by atoms with Crippen molar-refractivity contribution in [3.05, 3.63) is 17.2 Å². The highest BCUT2D eigenvalue weighted by atomic mass is 19.1. The van der Waals surface area contributed by atoms with Gasteiger partial charge in [-0.05, 0) is 13.8 Å². The lowest BCUT2D eigenvalue weighted by Gasteiger charge is -2.19. The van der Waals surface area contributed by atoms with Crippen molar-refractivity contribution in [2.24, 2.45) is 0 Å². The molecule has 0 aliphatic carbocycles. The van der Waals surface area contributed by atoms with E-state index in [0.29, 0.717) is 23.4 Å². The average Bonchev–Trinajstić information content (AvgIpc) is 2.39. The van der Waals surface area contributed by atoms with Crippen LogP contribution in [0.4, 0.5) is 10.2 Å². The van der Waals surface area contributed by atoms with Crippen molar-refractivity contribution < 1.29 is 14.2 Å². The normalized spacial score (nSPS) is 11.9. The number of benzene rings is 1. The van der Waals surface area contributed by atoms with Crippen molar-refractivity contribution in [3.63, 3.8) is 0 Å². The van der Waals surface area contributed by atoms with E-state index in [1.165, 1.54) is 0 Å². The second kappa shape index (κ2) is 5.02. The second-order valence-corrected chi connectivity index (χ2v) is 5.96. The number of ether oxygens (including phenoxy) is 1. The summed E-state index contributed by atoms with van der Waals surface area (Å²) in [6.07, 6.45) is 0. The molecule has 5 nitrogen and oxygen atoms in total. The van der Waals surface area contributed by atoms with E-state index >= 15 is 0 Å². The molecule has 0 unspecified atom stereocenters. The number of hydrogen-bond acceptors (Lipinski definition) is 5. The van der Waals surface area contributed by atoms with Crippen molar-refractivity contribution in [1.82, 2.24) is 9.97 Å². The molecule has 2 rings (SSSR count). The maximum absolute atomic E-state index is 14.4. The number of nitrogens with two attached hydrogens (primary N) is 1. The van der Waals surface area contributed by atoms with E-state index < -0.39 is 11.6 Å². The van der Waals surface area contributed by atoms with E-state index in [1.807, 2.05) is 20.8 Å². The van der Waals surface area contributed by atoms with Gasteiger partial charge in [-0.25, -0.2) is 14.4 Å². The summed E-state index contributed by atoms with van der Waals surface area (Å²) in [5.74, 6) is -0.684. The fraction of sp³-hybridized carbons (Fsp3) is 0.467. The summed E-state index contributed by atoms with van der Waals surface area (Å²) < 4.78 is 19.7. The lowest BCUT2D eigenvalue weighted by Crippen LogP contribution is -2.18. The molecule has 0 bridgehead atoms. The largest absolute Gasteiger partial charge is 0.502 e. The summed E-state index contributed by atoms with van der Waals surface area (Å²) in [6.45, 7) is 9.49. The third kappa shape index (κ3) is 2.46. The molecular weight excluding hydrogens is 273 g/mol. The molecule has 2 aromatic rings. The van der Waals surface area contributed by atoms with Crippen molar-refractivity contribution in [1.29, 1.82) is 0 Å². The zero-order chi connectivity index (χ0) is 15.9. The SMILES string of the molecule is CCOc1c(O)c(F)c2nc(C(C)(C)C)nc(N)c2c1C. The van der Waals surface area contributed by atoms with Crippen molar-refractivity contribution in [2.45, 2.75) is 40.0 Å². The molecule has 114 valence electrons. The number of halogens is 1. The third-order valence-electron chi connectivity index (χ3n) is 3.24. The predicted molar refractivity (Wildman–Crippen MR) is 80.2 cm³/mol. The summed E-state index contributed by atoms with van der Waals surface area (Å²) in [7, 11) is 0. The molecule has 0 saturated heterocycles. The second-order valence-electron chi connectivity index (χ2n) is 5.96. The molecule has 0 aliphatic rings. The highest BCUT2D eigenvalue weighted by Gasteiger charge is 2.25. The van der Waals surface area contributed by atoms with Crippen LogP contribution in [0.1, 0.15) is 39.1 Å². The van der Waals surface area contributed by atoms with Crippen molar-refractivity contribution >= 4 is 16.7 Å². The Kier molecular flexibility index (Phi) is 3.65. The first-order valence-corrected chi connectivity index (χ1v) is 6.80. The van der Waals surface area contributed by atoms with E-state index in [0.717, 1.165) is 0 Å². The predicted octanol–water partition coefficient (Wildman–Crippen LogP) is 3.06. The van der Waals surface area contributed by atoms with Gasteiger partial charge in [-0.1, -0.05) is 20.8 Å². The van der Waals surface area contributed by atoms with Gasteiger partial charge in [0.1, 0.15) is 17.2 Å². The van der Waals surface area contributed by atoms with Gasteiger partial charge in [0.05, 0.1) is 12.0 Å². The summed E-state index contributed by atoms with van der Waals surface area (Å²) in [5, 5.41) is 10.4. The van der Waals surface area contributed by atoms with Gasteiger partial charge >= 0.3 is 0 Å². The molecule has 21 heavy (non-hydrogen) atoms. The molecule has 1 heterocycles. The van der Waals surface area contributed by atoms with Crippen LogP contribution in [-0.4, -0.2) is 21.7 Å². The topological polar surface area (TPSA) is 81.3 Å². The molecule has 3 N–H and O–H groups in total. The van der Waals surface area contributed by atoms with Crippen molar-refractivity contribution in [2.75, 3.05) is 12.3 Å². The minimum absolute atomic E-state index is 0.0193. The zero-order valence-electron chi connectivity index (χ0n) is 12.9. The molecule has 0 fully saturated rings. The third-order valence-corrected chi connectivity index (χ3v) is 3.24. The molecular formula is C15H20FN3O2. The Bertz CT molecular complexity index is 709. The van der Waals surface area contributed by atoms with Gasteiger partial charge in [0.15, 0.2) is 17.3 Å². The van der Waals surface area contributed by atoms with Gasteiger partial charge < -0.3 is 15.6 Å². The van der Waals surface area contributed by atoms with Crippen LogP contribution in [0, 0.1) is 12.7 Å². The van der Waals surface area contributed by atoms with Gasteiger partial charge in [0, 0.05) is 11.0 Å². The van der Waals surface area contributed by atoms with E-state index in [2.05, 4.69) is 9.97 Å². The molecule has 6 heteroatoms. The zero-order valence-corrected chi connectivity index (χ0v) is 12.9. The van der Waals surface area contributed by atoms with E-state index in [9.17, 15) is 9.50 Å². The average molecular weight is 293 g/mol. The number of hydrogen-bond donors (Lipinski definition) is 2. The summed E-state index contributed by atoms with van der Waals surface area (Å²) in [6, 6.07) is 0. The van der Waals surface area contributed by atoms with E-state index in [1.54, 1.807) is 13.8 Å². The fourth-order valence-corrected chi connectivity index (χ4v) is 2.17. The minimum atomic E-state index is -0.835. The van der Waals surface area contributed by atoms with Gasteiger partial charge in [-0.2, -0.15) is 0 Å². The van der Waals surface area contributed by atoms with E-state index in [4.69, 9.17) is 10.5 Å². The van der Waals surface area contributed by atoms with Crippen LogP contribution in [0.15, 0.2) is 0 Å². The molecule has 1 aromatic carbocycles. The van der Waals surface area contributed by atoms with Gasteiger partial charge in [0.25, 0.3) is 0 Å². The minimum Gasteiger partial charge on any atom is -0.502 e. The standard InChI is InChI=1S/C15H20FN3O2/c1-6-21-12-7(2)8-10(9(16)11(12)20)18-14(15(3,4)5)19-13(8)17/h20H,6H2,1-5H3,(H2,17,18,19). The Morgan fingerprint density at radius 3 is 2.43 bits per heavy atom. The highest BCUT2D eigenvalue weighted by molar-refractivity contribution is 5.95. The van der Waals surface area contributed by atoms with Gasteiger partial charge in [0.2, 0.25) is 0 Å². The lowest BCUT2D eigenvalue weighted by molar-refractivity contribution is 0.309. The Morgan fingerprint density at radius 1 is 1.29 bits per heavy atom. The fourth-order valence-electron chi connectivity index (χ4n) is 2.17. The van der Waals surface area contributed by atoms with Crippen molar-refractivity contribution in [3.8, 4) is 11.5 Å². The van der Waals surface area contributed by atoms with Crippen LogP contribution >= 0.6 is 0 Å². The molecule has 0 spiro atoms. The van der Waals surface area contributed by atoms with Gasteiger partial charge in [-0.3, -0.25) is 0 Å². The monoisotopic (exact) mass is 293 g/mol. The van der Waals surface area contributed by atoms with Crippen LogP contribution in [0.3, 0.4) is 0 Å². The van der Waals surface area contributed by atoms with Crippen LogP contribution in [-0.2, 0) is 5.41 Å². The van der Waals surface area contributed by atoms with E-state index in [-0.39, 0.29) is 22.5 Å². The molecule has 0 amide bonds. The number of phenolic OH excluding ortho intramolecular Hbond substituents is 1. The number of aromatic hydroxyl groups is 1. The molecule has 0 aliphatic heterocycles. The number of aromatic nitrogens is 2. The van der Waals surface area contributed by atoms with Crippen LogP contribution in [0.25, 0.3) is 10.9 Å². The molecule has 1 aromatic heterocycles. The number of anilines is 1. The first-order chi connectivity index (χ1) is 9.68. The first-order valence-electron chi connectivity index (χ1n) is 6.80. The molecule has 0 radical (unpaired) electrons. The maximum atomic E-state index is 14.4. The summed E-state index contributed by atoms with van der Waals surface area (Å²) in [4.78, 5) is 8.52. The smallest absolute Gasteiger partial charge is 0.196 e. The number of fused-ring (bicyclic) bond motifs is 1. The first kappa shape index (κ1) is 15.3. The summed E-state index contributed by atoms with van der Waals surface area (Å²) in [5.41, 5.74) is 6.16. The van der Waals surface area contributed by atoms with Crippen LogP contribution in [0.5, 0.6) is 11.5 Å². The maximum Gasteiger partial charge on any atom is 0.196 e. The Morgan fingerprint density at radius 2 is 1.90 bits per heavy atom. The highest BCUT2D eigenvalue weighted by Crippen LogP contribution is 2.41. The summed E-state index contributed by atoms with van der Waals surface area (Å²) >= 11 is 0. The number of phenols is 1. The molecule has 0 saturated carbocycles. The number of nitrogen functional groups attached to an aromatic ring is 1. The quantitative estimate of drug-likeness (QED) is 0.889. The Labute approximate surface area is 123 Å². The van der Waals surface area contributed by atoms with Crippen LogP contribution < -0.4 is 10.5 Å². The number of aryl methyl sites for hydroxylation is 1. The lowest BCUT2D eigenvalue weighted by atomic mass is 9.95. The Balaban J connectivity index is 2.90. The van der Waals surface area contributed by atoms with Crippen LogP contribution in [0.2, 0.25) is 0 Å². The Hall–Kier alpha value is -2.11. The molecule has 0 atom stereocenters. The number of rotatable bonds is 2. The number of nitrogens with zero attached hydrogens (tertiary/aromatic N) is 2. The van der Waals surface area contributed by atoms with Gasteiger partial charge in [-0.15, -0.1) is 0 Å².